The molecule has 11 atom stereocenters. The SMILES string of the molecule is CC[C@H](C)[C@@H]([C@@H](CC(=O)N1CCC[C@@H]1[C@H](OC)[C@@H](C)C(=O)N[C@H](C)[C@@H](O)c1ccccc1)OC)N(C)C(=O)[C@@H](NC(=O)[C@H](C(C)C)N(C)C(=O)CNC(=O)[C@H](Cc1ccccc1)NC(=O)CNC(=O)CNC(=O)CN1CCN(C(=O)CCCCCN2C(=O)C=CC2=O)CC1)C(C)C. The zero-order valence-electron chi connectivity index (χ0n) is 58.7. The normalized spacial score (nSPS) is 18.0. The average Bonchev–Trinajstić information content (AvgIpc) is 1.81. The number of rotatable bonds is 38. The number of ether oxygens (including phenoxy) is 2. The van der Waals surface area contributed by atoms with Gasteiger partial charge < -0.3 is 66.1 Å². The molecule has 27 heteroatoms. The molecule has 0 radical (unpaired) electrons. The summed E-state index contributed by atoms with van der Waals surface area (Å²) in [4.78, 5) is 170. The summed E-state index contributed by atoms with van der Waals surface area (Å²) >= 11 is 0. The van der Waals surface area contributed by atoms with Gasteiger partial charge >= 0.3 is 0 Å². The van der Waals surface area contributed by atoms with Gasteiger partial charge in [-0.15, -0.1) is 0 Å². The van der Waals surface area contributed by atoms with E-state index in [0.29, 0.717) is 95.3 Å². The Morgan fingerprint density at radius 3 is 1.87 bits per heavy atom. The third-order valence-electron chi connectivity index (χ3n) is 18.7. The van der Waals surface area contributed by atoms with Crippen LogP contribution in [0.1, 0.15) is 124 Å². The summed E-state index contributed by atoms with van der Waals surface area (Å²) in [6.45, 7) is 15.3. The van der Waals surface area contributed by atoms with Gasteiger partial charge in [-0.2, -0.15) is 0 Å². The van der Waals surface area contributed by atoms with Crippen molar-refractivity contribution in [1.82, 2.24) is 61.3 Å². The van der Waals surface area contributed by atoms with Gasteiger partial charge in [0, 0.05) is 92.6 Å². The van der Waals surface area contributed by atoms with Crippen LogP contribution in [0.5, 0.6) is 0 Å². The molecule has 97 heavy (non-hydrogen) atoms. The van der Waals surface area contributed by atoms with Gasteiger partial charge in [-0.3, -0.25) is 67.3 Å². The molecule has 12 amide bonds. The summed E-state index contributed by atoms with van der Waals surface area (Å²) in [5.41, 5.74) is 1.34. The van der Waals surface area contributed by atoms with Crippen molar-refractivity contribution in [3.8, 4) is 0 Å². The Balaban J connectivity index is 1.11. The van der Waals surface area contributed by atoms with Gasteiger partial charge in [0.15, 0.2) is 0 Å². The maximum absolute atomic E-state index is 14.9. The van der Waals surface area contributed by atoms with Crippen LogP contribution in [-0.4, -0.2) is 248 Å². The van der Waals surface area contributed by atoms with Crippen LogP contribution in [0, 0.1) is 23.7 Å². The van der Waals surface area contributed by atoms with Crippen LogP contribution >= 0.6 is 0 Å². The fourth-order valence-corrected chi connectivity index (χ4v) is 12.8. The first-order valence-electron chi connectivity index (χ1n) is 34.0. The van der Waals surface area contributed by atoms with E-state index in [9.17, 15) is 62.6 Å². The minimum Gasteiger partial charge on any atom is -0.386 e. The van der Waals surface area contributed by atoms with E-state index in [-0.39, 0.29) is 54.8 Å². The summed E-state index contributed by atoms with van der Waals surface area (Å²) in [7, 11) is 6.04. The van der Waals surface area contributed by atoms with Crippen molar-refractivity contribution in [2.24, 2.45) is 23.7 Å². The van der Waals surface area contributed by atoms with Crippen LogP contribution in [0.25, 0.3) is 0 Å². The van der Waals surface area contributed by atoms with Gasteiger partial charge in [0.25, 0.3) is 11.8 Å². The van der Waals surface area contributed by atoms with Crippen molar-refractivity contribution >= 4 is 70.9 Å². The highest BCUT2D eigenvalue weighted by Crippen LogP contribution is 2.30. The van der Waals surface area contributed by atoms with E-state index in [0.717, 1.165) is 0 Å². The van der Waals surface area contributed by atoms with Gasteiger partial charge in [-0.25, -0.2) is 0 Å². The van der Waals surface area contributed by atoms with Gasteiger partial charge in [0.05, 0.1) is 75.0 Å². The number of hydrogen-bond donors (Lipinski definition) is 7. The molecule has 3 heterocycles. The first kappa shape index (κ1) is 79.5. The van der Waals surface area contributed by atoms with Crippen molar-refractivity contribution in [2.75, 3.05) is 93.8 Å². The smallest absolute Gasteiger partial charge is 0.253 e. The minimum atomic E-state index is -1.22. The van der Waals surface area contributed by atoms with Crippen molar-refractivity contribution in [2.45, 2.75) is 168 Å². The number of methoxy groups -OCH3 is 2. The standard InChI is InChI=1S/C70H106N12O15/c1-13-46(6)64(53(96-11)39-60(89)81-33-23-28-52(81)66(97-12)47(7)67(92)74-48(8)65(91)50-26-19-15-20-27-50)78(10)70(95)62(44(2)3)76-69(94)63(45(4)5)77(9)61(90)42-73-68(93)51(38-49-24-17-14-18-25-49)75-55(84)41-71-54(83)40-72-56(85)43-79-34-36-80(37-35-79)57(86)29-21-16-22-32-82-58(87)30-31-59(82)88/h14-15,17-20,24-27,30-31,44-48,51-53,62-66,91H,13,16,21-23,28-29,32-43H2,1-12H3,(H,71,83)(H,72,85)(H,73,93)(H,74,92)(H,75,84)(H,76,94)/t46-,47+,48+,51-,52+,53+,62-,63-,64-,65+,66+/m0/s1. The molecule has 536 valence electrons. The zero-order chi connectivity index (χ0) is 71.6. The number of carbonyl (C=O) groups excluding carboxylic acids is 12. The highest BCUT2D eigenvalue weighted by molar-refractivity contribution is 6.12. The Hall–Kier alpha value is -8.14. The Morgan fingerprint density at radius 2 is 1.27 bits per heavy atom. The number of nitrogens with one attached hydrogen (secondary N) is 6. The van der Waals surface area contributed by atoms with Gasteiger partial charge in [0.1, 0.15) is 18.1 Å². The molecule has 0 saturated carbocycles. The quantitative estimate of drug-likeness (QED) is 0.0370. The lowest BCUT2D eigenvalue weighted by Crippen LogP contribution is -2.61. The molecule has 0 bridgehead atoms. The number of nitrogens with zero attached hydrogens (tertiary/aromatic N) is 6. The summed E-state index contributed by atoms with van der Waals surface area (Å²) in [6, 6.07) is 12.7. The third-order valence-corrected chi connectivity index (χ3v) is 18.7. The second-order valence-electron chi connectivity index (χ2n) is 26.4. The van der Waals surface area contributed by atoms with E-state index in [1.54, 1.807) is 101 Å². The molecule has 0 aromatic heterocycles. The maximum atomic E-state index is 14.9. The monoisotopic (exact) mass is 1350 g/mol. The minimum absolute atomic E-state index is 0.00740. The van der Waals surface area contributed by atoms with E-state index >= 15 is 0 Å². The van der Waals surface area contributed by atoms with Crippen LogP contribution in [0.4, 0.5) is 0 Å². The molecule has 2 aromatic rings. The molecule has 0 spiro atoms. The highest BCUT2D eigenvalue weighted by atomic mass is 16.5. The number of amides is 12. The molecule has 2 aromatic carbocycles. The van der Waals surface area contributed by atoms with Crippen LogP contribution in [0.2, 0.25) is 0 Å². The van der Waals surface area contributed by atoms with E-state index < -0.39 is 133 Å². The zero-order valence-corrected chi connectivity index (χ0v) is 58.7. The number of aliphatic hydroxyl groups excluding tert-OH is 1. The second kappa shape index (κ2) is 39.3. The van der Waals surface area contributed by atoms with Crippen LogP contribution in [-0.2, 0) is 73.4 Å². The lowest BCUT2D eigenvalue weighted by atomic mass is 9.89. The molecule has 3 aliphatic rings. The Kier molecular flexibility index (Phi) is 32.2. The first-order chi connectivity index (χ1) is 46.1. The maximum Gasteiger partial charge on any atom is 0.253 e. The summed E-state index contributed by atoms with van der Waals surface area (Å²) in [5.74, 6) is -7.36. The van der Waals surface area contributed by atoms with E-state index in [4.69, 9.17) is 9.47 Å². The van der Waals surface area contributed by atoms with Crippen LogP contribution < -0.4 is 31.9 Å². The van der Waals surface area contributed by atoms with Crippen molar-refractivity contribution < 1.29 is 72.1 Å². The molecular weight excluding hydrogens is 1250 g/mol. The van der Waals surface area contributed by atoms with Crippen LogP contribution in [0.3, 0.4) is 0 Å². The lowest BCUT2D eigenvalue weighted by Gasteiger charge is -2.41. The number of piperazine rings is 1. The average molecular weight is 1360 g/mol. The predicted molar refractivity (Wildman–Crippen MR) is 362 cm³/mol. The number of carbonyl (C=O) groups is 12. The molecule has 27 nitrogen and oxygen atoms in total. The topological polar surface area (TPSA) is 335 Å². The number of unbranched alkanes of at least 4 members (excludes halogenated alkanes) is 2. The third kappa shape index (κ3) is 23.5. The number of likely N-dealkylation sites (tertiary alicyclic amines) is 1. The molecule has 3 aliphatic heterocycles. The number of imide groups is 1. The molecule has 0 aliphatic carbocycles. The Morgan fingerprint density at radius 1 is 0.649 bits per heavy atom. The summed E-state index contributed by atoms with van der Waals surface area (Å²) < 4.78 is 12.1. The van der Waals surface area contributed by atoms with Gasteiger partial charge in [-0.1, -0.05) is 122 Å². The molecular formula is C70H106N12O15. The molecule has 5 rings (SSSR count). The number of benzene rings is 2. The number of aliphatic hydroxyl groups is 1. The fourth-order valence-electron chi connectivity index (χ4n) is 12.8. The van der Waals surface area contributed by atoms with Crippen molar-refractivity contribution in [3.05, 3.63) is 83.9 Å². The van der Waals surface area contributed by atoms with E-state index in [2.05, 4.69) is 31.9 Å². The second-order valence-corrected chi connectivity index (χ2v) is 26.4. The van der Waals surface area contributed by atoms with E-state index in [1.165, 1.54) is 48.1 Å². The Bertz CT molecular complexity index is 3000. The Labute approximate surface area is 571 Å². The lowest BCUT2D eigenvalue weighted by molar-refractivity contribution is -0.148. The fraction of sp³-hybridized carbons (Fsp3) is 0.629. The summed E-state index contributed by atoms with van der Waals surface area (Å²) in [6.07, 6.45) is 4.05. The predicted octanol–water partition coefficient (Wildman–Crippen LogP) is 1.47. The first-order valence-corrected chi connectivity index (χ1v) is 34.0. The molecule has 2 fully saturated rings. The molecule has 2 saturated heterocycles. The van der Waals surface area contributed by atoms with Crippen LogP contribution in [0.15, 0.2) is 72.8 Å². The van der Waals surface area contributed by atoms with Crippen molar-refractivity contribution in [3.63, 3.8) is 0 Å². The van der Waals surface area contributed by atoms with Gasteiger partial charge in [0.2, 0.25) is 59.1 Å². The largest absolute Gasteiger partial charge is 0.386 e. The van der Waals surface area contributed by atoms with Gasteiger partial charge in [-0.05, 0) is 61.5 Å². The number of hydrogen-bond acceptors (Lipinski definition) is 16. The number of likely N-dealkylation sites (N-methyl/N-ethyl adjacent to an activating group) is 2. The molecule has 7 N–H and O–H groups in total. The highest BCUT2D eigenvalue weighted by Gasteiger charge is 2.44. The molecule has 0 unspecified atom stereocenters. The van der Waals surface area contributed by atoms with Crippen molar-refractivity contribution in [1.29, 1.82) is 0 Å². The van der Waals surface area contributed by atoms with E-state index in [1.807, 2.05) is 36.9 Å². The summed E-state index contributed by atoms with van der Waals surface area (Å²) in [5, 5.41) is 27.1.